The summed E-state index contributed by atoms with van der Waals surface area (Å²) in [6.45, 7) is 1.32. The molecule has 0 radical (unpaired) electrons. The van der Waals surface area contributed by atoms with Crippen LogP contribution in [0, 0.1) is 0 Å². The van der Waals surface area contributed by atoms with E-state index in [4.69, 9.17) is 0 Å². The van der Waals surface area contributed by atoms with Crippen LogP contribution in [0.5, 0.6) is 0 Å². The lowest BCUT2D eigenvalue weighted by molar-refractivity contribution is -0.137. The van der Waals surface area contributed by atoms with E-state index in [0.717, 1.165) is 24.2 Å². The molecular weight excluding hydrogens is 405 g/mol. The van der Waals surface area contributed by atoms with Crippen LogP contribution in [0.1, 0.15) is 27.0 Å². The molecule has 8 heteroatoms. The van der Waals surface area contributed by atoms with Gasteiger partial charge in [-0.05, 0) is 61.6 Å². The summed E-state index contributed by atoms with van der Waals surface area (Å²) < 4.78 is 38.1. The van der Waals surface area contributed by atoms with Crippen LogP contribution in [0.3, 0.4) is 0 Å². The van der Waals surface area contributed by atoms with Crippen molar-refractivity contribution in [1.29, 1.82) is 0 Å². The summed E-state index contributed by atoms with van der Waals surface area (Å²) in [5.74, 6) is -0.0685. The zero-order valence-electron chi connectivity index (χ0n) is 17.2. The molecule has 0 aliphatic rings. The van der Waals surface area contributed by atoms with Gasteiger partial charge in [0.1, 0.15) is 5.82 Å². The normalized spacial score (nSPS) is 11.4. The van der Waals surface area contributed by atoms with Gasteiger partial charge in [-0.15, -0.1) is 0 Å². The Bertz CT molecular complexity index is 1020. The molecule has 162 valence electrons. The fourth-order valence-electron chi connectivity index (χ4n) is 2.98. The van der Waals surface area contributed by atoms with E-state index in [-0.39, 0.29) is 5.69 Å². The zero-order chi connectivity index (χ0) is 22.4. The van der Waals surface area contributed by atoms with Gasteiger partial charge in [0.15, 0.2) is 0 Å². The molecule has 2 N–H and O–H groups in total. The van der Waals surface area contributed by atoms with Crippen molar-refractivity contribution in [2.75, 3.05) is 24.7 Å². The second-order valence-electron chi connectivity index (χ2n) is 7.34. The number of carbonyl (C=O) groups excluding carboxylic acids is 1. The molecule has 0 saturated carbocycles. The van der Waals surface area contributed by atoms with Crippen LogP contribution in [0.2, 0.25) is 0 Å². The summed E-state index contributed by atoms with van der Waals surface area (Å²) in [5.41, 5.74) is 2.02. The number of carbonyl (C=O) groups is 1. The summed E-state index contributed by atoms with van der Waals surface area (Å²) >= 11 is 0. The number of halogens is 3. The maximum Gasteiger partial charge on any atom is 0.416 e. The Morgan fingerprint density at radius 1 is 0.968 bits per heavy atom. The number of aromatic nitrogens is 1. The number of anilines is 2. The summed E-state index contributed by atoms with van der Waals surface area (Å²) in [7, 11) is 4.02. The Kier molecular flexibility index (Phi) is 6.91. The van der Waals surface area contributed by atoms with E-state index in [2.05, 4.69) is 20.5 Å². The number of nitrogens with zero attached hydrogens (tertiary/aromatic N) is 2. The van der Waals surface area contributed by atoms with Crippen LogP contribution in [0.15, 0.2) is 66.9 Å². The monoisotopic (exact) mass is 428 g/mol. The highest BCUT2D eigenvalue weighted by Crippen LogP contribution is 2.30. The minimum absolute atomic E-state index is 0.268. The molecule has 1 aromatic heterocycles. The van der Waals surface area contributed by atoms with E-state index in [1.54, 1.807) is 18.3 Å². The van der Waals surface area contributed by atoms with Crippen molar-refractivity contribution >= 4 is 17.4 Å². The minimum Gasteiger partial charge on any atom is -0.365 e. The van der Waals surface area contributed by atoms with Crippen LogP contribution in [-0.4, -0.2) is 29.9 Å². The highest BCUT2D eigenvalue weighted by molar-refractivity contribution is 6.07. The third kappa shape index (κ3) is 6.29. The van der Waals surface area contributed by atoms with Crippen LogP contribution >= 0.6 is 0 Å². The number of rotatable bonds is 7. The number of hydrogen-bond donors (Lipinski definition) is 2. The molecule has 3 rings (SSSR count). The molecule has 0 unspecified atom stereocenters. The van der Waals surface area contributed by atoms with E-state index in [1.165, 1.54) is 17.7 Å². The Hall–Kier alpha value is -3.39. The van der Waals surface area contributed by atoms with Gasteiger partial charge in [0, 0.05) is 25.0 Å². The molecule has 0 fully saturated rings. The molecule has 0 spiro atoms. The van der Waals surface area contributed by atoms with Gasteiger partial charge in [0.2, 0.25) is 0 Å². The van der Waals surface area contributed by atoms with Crippen LogP contribution in [0.4, 0.5) is 24.7 Å². The van der Waals surface area contributed by atoms with Crippen molar-refractivity contribution in [3.8, 4) is 0 Å². The number of nitrogens with one attached hydrogen (secondary N) is 2. The molecule has 2 aromatic carbocycles. The summed E-state index contributed by atoms with van der Waals surface area (Å²) in [5, 5.41) is 5.76. The van der Waals surface area contributed by atoms with Crippen molar-refractivity contribution < 1.29 is 18.0 Å². The fraction of sp³-hybridized carbons (Fsp3) is 0.217. The van der Waals surface area contributed by atoms with Gasteiger partial charge in [0.05, 0.1) is 11.1 Å². The molecule has 3 aromatic rings. The highest BCUT2D eigenvalue weighted by Gasteiger charge is 2.30. The van der Waals surface area contributed by atoms with E-state index >= 15 is 0 Å². The van der Waals surface area contributed by atoms with Gasteiger partial charge in [-0.25, -0.2) is 4.98 Å². The predicted octanol–water partition coefficient (Wildman–Crippen LogP) is 5.03. The molecular formula is C23H23F3N4O. The first-order valence-corrected chi connectivity index (χ1v) is 9.62. The first-order valence-electron chi connectivity index (χ1n) is 9.62. The quantitative estimate of drug-likeness (QED) is 0.555. The number of hydrogen-bond acceptors (Lipinski definition) is 4. The molecule has 5 nitrogen and oxygen atoms in total. The topological polar surface area (TPSA) is 57.3 Å². The van der Waals surface area contributed by atoms with Gasteiger partial charge >= 0.3 is 6.18 Å². The SMILES string of the molecule is CN(C)Cc1ccc(CNc2ncccc2C(=O)Nc2ccc(C(F)(F)F)cc2)cc1. The Morgan fingerprint density at radius 3 is 2.23 bits per heavy atom. The number of amides is 1. The third-order valence-corrected chi connectivity index (χ3v) is 4.50. The van der Waals surface area contributed by atoms with Gasteiger partial charge in [0.25, 0.3) is 5.91 Å². The van der Waals surface area contributed by atoms with Gasteiger partial charge in [-0.1, -0.05) is 24.3 Å². The second kappa shape index (κ2) is 9.61. The smallest absolute Gasteiger partial charge is 0.365 e. The number of pyridine rings is 1. The van der Waals surface area contributed by atoms with Gasteiger partial charge < -0.3 is 15.5 Å². The van der Waals surface area contributed by atoms with Crippen LogP contribution < -0.4 is 10.6 Å². The molecule has 1 amide bonds. The third-order valence-electron chi connectivity index (χ3n) is 4.50. The first kappa shape index (κ1) is 22.3. The standard InChI is InChI=1S/C23H23F3N4O/c1-30(2)15-17-7-5-16(6-8-17)14-28-21-20(4-3-13-27-21)22(31)29-19-11-9-18(10-12-19)23(24,25)26/h3-13H,14-15H2,1-2H3,(H,27,28)(H,29,31). The van der Waals surface area contributed by atoms with E-state index < -0.39 is 17.6 Å². The highest BCUT2D eigenvalue weighted by atomic mass is 19.4. The average Bonchev–Trinajstić information content (AvgIpc) is 2.73. The van der Waals surface area contributed by atoms with Crippen molar-refractivity contribution in [2.24, 2.45) is 0 Å². The number of benzene rings is 2. The second-order valence-corrected chi connectivity index (χ2v) is 7.34. The lowest BCUT2D eigenvalue weighted by Crippen LogP contribution is -2.16. The van der Waals surface area contributed by atoms with Crippen molar-refractivity contribution in [2.45, 2.75) is 19.3 Å². The molecule has 0 aliphatic heterocycles. The van der Waals surface area contributed by atoms with E-state index in [0.29, 0.717) is 17.9 Å². The molecule has 0 saturated heterocycles. The fourth-order valence-corrected chi connectivity index (χ4v) is 2.98. The van der Waals surface area contributed by atoms with E-state index in [9.17, 15) is 18.0 Å². The predicted molar refractivity (Wildman–Crippen MR) is 115 cm³/mol. The average molecular weight is 428 g/mol. The van der Waals surface area contributed by atoms with Crippen LogP contribution in [-0.2, 0) is 19.3 Å². The molecule has 0 atom stereocenters. The maximum atomic E-state index is 12.7. The Balaban J connectivity index is 1.66. The van der Waals surface area contributed by atoms with E-state index in [1.807, 2.05) is 38.4 Å². The first-order chi connectivity index (χ1) is 14.7. The molecule has 0 bridgehead atoms. The summed E-state index contributed by atoms with van der Waals surface area (Å²) in [4.78, 5) is 19.0. The summed E-state index contributed by atoms with van der Waals surface area (Å²) in [6, 6.07) is 15.7. The molecule has 0 aliphatic carbocycles. The maximum absolute atomic E-state index is 12.7. The lowest BCUT2D eigenvalue weighted by Gasteiger charge is -2.13. The summed E-state index contributed by atoms with van der Waals surface area (Å²) in [6.07, 6.45) is -2.86. The Morgan fingerprint density at radius 2 is 1.61 bits per heavy atom. The minimum atomic E-state index is -4.42. The molecule has 1 heterocycles. The van der Waals surface area contributed by atoms with Gasteiger partial charge in [-0.2, -0.15) is 13.2 Å². The lowest BCUT2D eigenvalue weighted by atomic mass is 10.1. The van der Waals surface area contributed by atoms with Crippen LogP contribution in [0.25, 0.3) is 0 Å². The largest absolute Gasteiger partial charge is 0.416 e. The van der Waals surface area contributed by atoms with Crippen molar-refractivity contribution in [3.63, 3.8) is 0 Å². The number of alkyl halides is 3. The zero-order valence-corrected chi connectivity index (χ0v) is 17.2. The van der Waals surface area contributed by atoms with Gasteiger partial charge in [-0.3, -0.25) is 4.79 Å². The van der Waals surface area contributed by atoms with Crippen molar-refractivity contribution in [3.05, 3.63) is 89.1 Å². The Labute approximate surface area is 178 Å². The molecule has 31 heavy (non-hydrogen) atoms. The van der Waals surface area contributed by atoms with Crippen molar-refractivity contribution in [1.82, 2.24) is 9.88 Å².